The fourth-order valence-electron chi connectivity index (χ4n) is 3.50. The van der Waals surface area contributed by atoms with E-state index in [9.17, 15) is 9.90 Å². The molecule has 4 unspecified atom stereocenters. The van der Waals surface area contributed by atoms with E-state index in [1.165, 1.54) is 25.7 Å². The first-order chi connectivity index (χ1) is 9.80. The second kappa shape index (κ2) is 8.14. The first-order valence-electron chi connectivity index (χ1n) is 8.50. The van der Waals surface area contributed by atoms with Gasteiger partial charge in [-0.3, -0.25) is 4.79 Å². The first kappa shape index (κ1) is 18.4. The summed E-state index contributed by atoms with van der Waals surface area (Å²) in [6, 6.07) is 0.874. The Labute approximate surface area is 130 Å². The van der Waals surface area contributed by atoms with E-state index >= 15 is 0 Å². The van der Waals surface area contributed by atoms with E-state index in [0.29, 0.717) is 12.5 Å². The molecule has 1 rings (SSSR count). The average Bonchev–Trinajstić information content (AvgIpc) is 2.44. The molecular formula is C17H34N2O2. The topological polar surface area (TPSA) is 52.6 Å². The standard InChI is InChI=1S/C17H34N2O2/c1-6-10-18-17(4,16(20)21)12-14(3)19(5)15-9-7-8-13(2)11-15/h13-15,18H,6-12H2,1-5H3,(H,20,21). The van der Waals surface area contributed by atoms with Crippen LogP contribution in [0, 0.1) is 5.92 Å². The van der Waals surface area contributed by atoms with Gasteiger partial charge in [0.25, 0.3) is 0 Å². The van der Waals surface area contributed by atoms with E-state index in [2.05, 4.69) is 38.0 Å². The van der Waals surface area contributed by atoms with Crippen molar-refractivity contribution in [1.82, 2.24) is 10.2 Å². The maximum atomic E-state index is 11.6. The summed E-state index contributed by atoms with van der Waals surface area (Å²) < 4.78 is 0. The van der Waals surface area contributed by atoms with Gasteiger partial charge in [-0.15, -0.1) is 0 Å². The third-order valence-electron chi connectivity index (χ3n) is 5.12. The molecule has 0 aliphatic heterocycles. The highest BCUT2D eigenvalue weighted by Gasteiger charge is 2.36. The van der Waals surface area contributed by atoms with Crippen LogP contribution in [-0.4, -0.2) is 47.2 Å². The van der Waals surface area contributed by atoms with Gasteiger partial charge < -0.3 is 15.3 Å². The summed E-state index contributed by atoms with van der Waals surface area (Å²) in [5.74, 6) is 0.0516. The molecule has 1 aliphatic rings. The van der Waals surface area contributed by atoms with Crippen LogP contribution >= 0.6 is 0 Å². The second-order valence-corrected chi connectivity index (χ2v) is 7.21. The summed E-state index contributed by atoms with van der Waals surface area (Å²) in [4.78, 5) is 14.0. The zero-order valence-electron chi connectivity index (χ0n) is 14.5. The predicted molar refractivity (Wildman–Crippen MR) is 87.6 cm³/mol. The monoisotopic (exact) mass is 298 g/mol. The van der Waals surface area contributed by atoms with Crippen LogP contribution < -0.4 is 5.32 Å². The normalized spacial score (nSPS) is 27.3. The quantitative estimate of drug-likeness (QED) is 0.723. The molecule has 21 heavy (non-hydrogen) atoms. The molecule has 0 aromatic heterocycles. The van der Waals surface area contributed by atoms with E-state index in [1.54, 1.807) is 0 Å². The summed E-state index contributed by atoms with van der Waals surface area (Å²) in [6.45, 7) is 9.12. The molecule has 4 nitrogen and oxygen atoms in total. The molecule has 0 saturated heterocycles. The van der Waals surface area contributed by atoms with Crippen LogP contribution in [-0.2, 0) is 4.79 Å². The Morgan fingerprint density at radius 2 is 2.14 bits per heavy atom. The molecule has 0 radical (unpaired) electrons. The van der Waals surface area contributed by atoms with Crippen molar-refractivity contribution in [3.63, 3.8) is 0 Å². The van der Waals surface area contributed by atoms with Crippen molar-refractivity contribution in [3.05, 3.63) is 0 Å². The minimum absolute atomic E-state index is 0.269. The van der Waals surface area contributed by atoms with Crippen LogP contribution in [0.25, 0.3) is 0 Å². The number of carboxylic acid groups (broad SMARTS) is 1. The third-order valence-corrected chi connectivity index (χ3v) is 5.12. The van der Waals surface area contributed by atoms with Crippen molar-refractivity contribution < 1.29 is 9.90 Å². The van der Waals surface area contributed by atoms with Crippen molar-refractivity contribution >= 4 is 5.97 Å². The lowest BCUT2D eigenvalue weighted by molar-refractivity contribution is -0.145. The zero-order chi connectivity index (χ0) is 16.0. The minimum Gasteiger partial charge on any atom is -0.480 e. The molecule has 1 saturated carbocycles. The van der Waals surface area contributed by atoms with Gasteiger partial charge in [-0.1, -0.05) is 26.7 Å². The predicted octanol–water partition coefficient (Wildman–Crippen LogP) is 3.12. The van der Waals surface area contributed by atoms with E-state index in [-0.39, 0.29) is 6.04 Å². The SMILES string of the molecule is CCCNC(C)(CC(C)N(C)C1CCCC(C)C1)C(=O)O. The molecule has 4 atom stereocenters. The van der Waals surface area contributed by atoms with E-state index < -0.39 is 11.5 Å². The summed E-state index contributed by atoms with van der Waals surface area (Å²) in [5.41, 5.74) is -0.829. The first-order valence-corrected chi connectivity index (χ1v) is 8.50. The summed E-state index contributed by atoms with van der Waals surface area (Å²) >= 11 is 0. The molecule has 0 aromatic rings. The fourth-order valence-corrected chi connectivity index (χ4v) is 3.50. The van der Waals surface area contributed by atoms with Crippen molar-refractivity contribution in [1.29, 1.82) is 0 Å². The van der Waals surface area contributed by atoms with Crippen molar-refractivity contribution in [3.8, 4) is 0 Å². The molecule has 0 spiro atoms. The lowest BCUT2D eigenvalue weighted by Crippen LogP contribution is -2.54. The average molecular weight is 298 g/mol. The molecule has 124 valence electrons. The lowest BCUT2D eigenvalue weighted by Gasteiger charge is -2.40. The number of nitrogens with zero attached hydrogens (tertiary/aromatic N) is 1. The van der Waals surface area contributed by atoms with Crippen LogP contribution in [0.4, 0.5) is 0 Å². The minimum atomic E-state index is -0.829. The highest BCUT2D eigenvalue weighted by atomic mass is 16.4. The van der Waals surface area contributed by atoms with E-state index in [4.69, 9.17) is 0 Å². The number of aliphatic carboxylic acids is 1. The van der Waals surface area contributed by atoms with Crippen LogP contribution in [0.5, 0.6) is 0 Å². The lowest BCUT2D eigenvalue weighted by atomic mass is 9.85. The number of nitrogens with one attached hydrogen (secondary N) is 1. The van der Waals surface area contributed by atoms with Gasteiger partial charge in [-0.05, 0) is 59.0 Å². The van der Waals surface area contributed by atoms with Crippen LogP contribution in [0.2, 0.25) is 0 Å². The fraction of sp³-hybridized carbons (Fsp3) is 0.941. The van der Waals surface area contributed by atoms with Gasteiger partial charge in [0.05, 0.1) is 0 Å². The molecular weight excluding hydrogens is 264 g/mol. The molecule has 0 heterocycles. The Morgan fingerprint density at radius 3 is 2.67 bits per heavy atom. The Morgan fingerprint density at radius 1 is 1.48 bits per heavy atom. The molecule has 2 N–H and O–H groups in total. The number of carboxylic acids is 1. The van der Waals surface area contributed by atoms with Crippen molar-refractivity contribution in [2.75, 3.05) is 13.6 Å². The van der Waals surface area contributed by atoms with Gasteiger partial charge >= 0.3 is 5.97 Å². The van der Waals surface area contributed by atoms with Crippen molar-refractivity contribution in [2.24, 2.45) is 5.92 Å². The number of hydrogen-bond donors (Lipinski definition) is 2. The van der Waals surface area contributed by atoms with E-state index in [1.807, 2.05) is 6.92 Å². The number of carbonyl (C=O) groups is 1. The Balaban J connectivity index is 2.63. The Hall–Kier alpha value is -0.610. The molecule has 1 aliphatic carbocycles. The zero-order valence-corrected chi connectivity index (χ0v) is 14.5. The number of hydrogen-bond acceptors (Lipinski definition) is 3. The van der Waals surface area contributed by atoms with Gasteiger partial charge in [-0.2, -0.15) is 0 Å². The highest BCUT2D eigenvalue weighted by Crippen LogP contribution is 2.29. The highest BCUT2D eigenvalue weighted by molar-refractivity contribution is 5.78. The number of rotatable bonds is 8. The van der Waals surface area contributed by atoms with Crippen LogP contribution in [0.15, 0.2) is 0 Å². The Kier molecular flexibility index (Phi) is 7.14. The van der Waals surface area contributed by atoms with Gasteiger partial charge in [0, 0.05) is 12.1 Å². The molecule has 0 aromatic carbocycles. The van der Waals surface area contributed by atoms with Gasteiger partial charge in [0.2, 0.25) is 0 Å². The Bertz CT molecular complexity index is 335. The van der Waals surface area contributed by atoms with Crippen LogP contribution in [0.3, 0.4) is 0 Å². The van der Waals surface area contributed by atoms with Crippen LogP contribution in [0.1, 0.15) is 66.2 Å². The van der Waals surface area contributed by atoms with Gasteiger partial charge in [0.1, 0.15) is 5.54 Å². The molecule has 4 heteroatoms. The van der Waals surface area contributed by atoms with Gasteiger partial charge in [-0.25, -0.2) is 0 Å². The molecule has 0 bridgehead atoms. The van der Waals surface area contributed by atoms with Crippen molar-refractivity contribution in [2.45, 2.75) is 83.8 Å². The van der Waals surface area contributed by atoms with Gasteiger partial charge in [0.15, 0.2) is 0 Å². The maximum absolute atomic E-state index is 11.6. The maximum Gasteiger partial charge on any atom is 0.323 e. The summed E-state index contributed by atoms with van der Waals surface area (Å²) in [7, 11) is 2.16. The molecule has 0 amide bonds. The summed E-state index contributed by atoms with van der Waals surface area (Å²) in [5, 5.41) is 12.8. The summed E-state index contributed by atoms with van der Waals surface area (Å²) in [6.07, 6.45) is 6.72. The van der Waals surface area contributed by atoms with E-state index in [0.717, 1.165) is 18.9 Å². The second-order valence-electron chi connectivity index (χ2n) is 7.21. The largest absolute Gasteiger partial charge is 0.480 e. The third kappa shape index (κ3) is 5.26. The smallest absolute Gasteiger partial charge is 0.323 e. The molecule has 1 fully saturated rings.